The van der Waals surface area contributed by atoms with Crippen molar-refractivity contribution in [2.75, 3.05) is 0 Å². The first kappa shape index (κ1) is 15.9. The van der Waals surface area contributed by atoms with E-state index in [1.54, 1.807) is 10.9 Å². The van der Waals surface area contributed by atoms with Gasteiger partial charge in [-0.15, -0.1) is 5.10 Å². The van der Waals surface area contributed by atoms with E-state index in [4.69, 9.17) is 11.6 Å². The van der Waals surface area contributed by atoms with E-state index in [0.29, 0.717) is 5.69 Å². The minimum absolute atomic E-state index is 0.0149. The van der Waals surface area contributed by atoms with Gasteiger partial charge in [-0.1, -0.05) is 16.8 Å². The summed E-state index contributed by atoms with van der Waals surface area (Å²) in [4.78, 5) is -0.233. The van der Waals surface area contributed by atoms with Crippen LogP contribution >= 0.6 is 11.6 Å². The summed E-state index contributed by atoms with van der Waals surface area (Å²) in [6.45, 7) is 3.82. The van der Waals surface area contributed by atoms with Gasteiger partial charge in [0.2, 0.25) is 10.0 Å². The average Bonchev–Trinajstić information content (AvgIpc) is 2.84. The first-order valence-electron chi connectivity index (χ1n) is 6.14. The summed E-state index contributed by atoms with van der Waals surface area (Å²) in [5.74, 6) is -0.714. The van der Waals surface area contributed by atoms with Crippen LogP contribution in [0.2, 0.25) is 5.02 Å². The van der Waals surface area contributed by atoms with Crippen molar-refractivity contribution < 1.29 is 12.8 Å². The van der Waals surface area contributed by atoms with Gasteiger partial charge < -0.3 is 0 Å². The van der Waals surface area contributed by atoms with Crippen LogP contribution in [0.5, 0.6) is 0 Å². The Balaban J connectivity index is 2.13. The molecule has 0 saturated heterocycles. The van der Waals surface area contributed by atoms with Crippen LogP contribution in [0.25, 0.3) is 0 Å². The van der Waals surface area contributed by atoms with Crippen LogP contribution in [0.4, 0.5) is 4.39 Å². The van der Waals surface area contributed by atoms with Crippen LogP contribution in [-0.2, 0) is 16.6 Å². The maximum Gasteiger partial charge on any atom is 0.241 e. The monoisotopic (exact) mass is 332 g/mol. The standard InChI is InChI=1S/C12H14ClFN4O2S/c1-8(2)18-7-11(16-17-18)6-15-21(19,20)12-4-9(13)3-10(14)5-12/h3-5,7-8,15H,6H2,1-2H3. The highest BCUT2D eigenvalue weighted by molar-refractivity contribution is 7.89. The third-order valence-electron chi connectivity index (χ3n) is 2.68. The summed E-state index contributed by atoms with van der Waals surface area (Å²) in [7, 11) is -3.87. The van der Waals surface area contributed by atoms with Crippen LogP contribution in [0, 0.1) is 5.82 Å². The van der Waals surface area contributed by atoms with Crippen molar-refractivity contribution in [2.24, 2.45) is 0 Å². The number of hydrogen-bond donors (Lipinski definition) is 1. The Morgan fingerprint density at radius 2 is 2.10 bits per heavy atom. The van der Waals surface area contributed by atoms with Crippen LogP contribution in [0.3, 0.4) is 0 Å². The molecule has 0 aliphatic heterocycles. The zero-order chi connectivity index (χ0) is 15.6. The molecule has 0 atom stereocenters. The topological polar surface area (TPSA) is 76.9 Å². The quantitative estimate of drug-likeness (QED) is 0.910. The molecule has 0 amide bonds. The SMILES string of the molecule is CC(C)n1cc(CNS(=O)(=O)c2cc(F)cc(Cl)c2)nn1. The molecule has 0 unspecified atom stereocenters. The molecule has 0 aliphatic rings. The molecule has 0 spiro atoms. The second-order valence-electron chi connectivity index (χ2n) is 4.71. The first-order valence-corrected chi connectivity index (χ1v) is 8.00. The van der Waals surface area contributed by atoms with Gasteiger partial charge in [0, 0.05) is 11.1 Å². The number of nitrogens with one attached hydrogen (secondary N) is 1. The van der Waals surface area contributed by atoms with Crippen molar-refractivity contribution in [2.45, 2.75) is 31.3 Å². The van der Waals surface area contributed by atoms with E-state index in [2.05, 4.69) is 15.0 Å². The number of sulfonamides is 1. The molecule has 1 aromatic heterocycles. The molecular formula is C12H14ClFN4O2S. The van der Waals surface area contributed by atoms with E-state index in [1.807, 2.05) is 13.8 Å². The Hall–Kier alpha value is -1.51. The van der Waals surface area contributed by atoms with Crippen LogP contribution in [0.15, 0.2) is 29.3 Å². The van der Waals surface area contributed by atoms with Gasteiger partial charge in [-0.3, -0.25) is 0 Å². The van der Waals surface area contributed by atoms with Gasteiger partial charge >= 0.3 is 0 Å². The van der Waals surface area contributed by atoms with E-state index in [-0.39, 0.29) is 22.5 Å². The van der Waals surface area contributed by atoms with Crippen molar-refractivity contribution in [1.82, 2.24) is 19.7 Å². The van der Waals surface area contributed by atoms with Crippen LogP contribution in [0.1, 0.15) is 25.6 Å². The van der Waals surface area contributed by atoms with Crippen molar-refractivity contribution in [3.8, 4) is 0 Å². The summed E-state index contributed by atoms with van der Waals surface area (Å²) in [6, 6.07) is 3.25. The Kier molecular flexibility index (Phi) is 4.60. The van der Waals surface area contributed by atoms with Gasteiger partial charge in [0.15, 0.2) is 0 Å². The van der Waals surface area contributed by atoms with Gasteiger partial charge in [-0.2, -0.15) is 0 Å². The largest absolute Gasteiger partial charge is 0.250 e. The summed E-state index contributed by atoms with van der Waals surface area (Å²) < 4.78 is 41.3. The van der Waals surface area contributed by atoms with Crippen molar-refractivity contribution in [1.29, 1.82) is 0 Å². The Bertz CT molecular complexity index is 725. The highest BCUT2D eigenvalue weighted by Gasteiger charge is 2.16. The lowest BCUT2D eigenvalue weighted by molar-refractivity contribution is 0.514. The number of rotatable bonds is 5. The molecular weight excluding hydrogens is 319 g/mol. The lowest BCUT2D eigenvalue weighted by Gasteiger charge is -2.06. The molecule has 0 aliphatic carbocycles. The number of hydrogen-bond acceptors (Lipinski definition) is 4. The predicted molar refractivity (Wildman–Crippen MR) is 75.8 cm³/mol. The molecule has 0 radical (unpaired) electrons. The molecule has 1 N–H and O–H groups in total. The smallest absolute Gasteiger partial charge is 0.241 e. The molecule has 0 bridgehead atoms. The fraction of sp³-hybridized carbons (Fsp3) is 0.333. The average molecular weight is 333 g/mol. The number of benzene rings is 1. The summed E-state index contributed by atoms with van der Waals surface area (Å²) in [5.41, 5.74) is 0.467. The first-order chi connectivity index (χ1) is 9.78. The van der Waals surface area contributed by atoms with E-state index < -0.39 is 15.8 Å². The summed E-state index contributed by atoms with van der Waals surface area (Å²) in [6.07, 6.45) is 1.64. The van der Waals surface area contributed by atoms with Gasteiger partial charge in [0.05, 0.1) is 23.3 Å². The molecule has 9 heteroatoms. The Morgan fingerprint density at radius 1 is 1.38 bits per heavy atom. The van der Waals surface area contributed by atoms with E-state index in [0.717, 1.165) is 12.1 Å². The maximum absolute atomic E-state index is 13.2. The normalized spacial score (nSPS) is 12.0. The molecule has 6 nitrogen and oxygen atoms in total. The van der Waals surface area contributed by atoms with Crippen LogP contribution < -0.4 is 4.72 Å². The van der Waals surface area contributed by atoms with E-state index >= 15 is 0 Å². The molecule has 1 heterocycles. The van der Waals surface area contributed by atoms with Gasteiger partial charge in [-0.25, -0.2) is 22.2 Å². The molecule has 1 aromatic carbocycles. The summed E-state index contributed by atoms with van der Waals surface area (Å²) >= 11 is 5.65. The molecule has 21 heavy (non-hydrogen) atoms. The molecule has 0 fully saturated rings. The summed E-state index contributed by atoms with van der Waals surface area (Å²) in [5, 5.41) is 7.74. The molecule has 0 saturated carbocycles. The zero-order valence-corrected chi connectivity index (χ0v) is 13.0. The van der Waals surface area contributed by atoms with Crippen molar-refractivity contribution >= 4 is 21.6 Å². The lowest BCUT2D eigenvalue weighted by atomic mass is 10.3. The maximum atomic E-state index is 13.2. The molecule has 2 aromatic rings. The van der Waals surface area contributed by atoms with Crippen molar-refractivity contribution in [3.05, 3.63) is 40.9 Å². The second kappa shape index (κ2) is 6.08. The minimum Gasteiger partial charge on any atom is -0.250 e. The Morgan fingerprint density at radius 3 is 2.67 bits per heavy atom. The molecule has 2 rings (SSSR count). The van der Waals surface area contributed by atoms with E-state index in [1.165, 1.54) is 6.07 Å². The van der Waals surface area contributed by atoms with Gasteiger partial charge in [-0.05, 0) is 32.0 Å². The zero-order valence-electron chi connectivity index (χ0n) is 11.4. The fourth-order valence-corrected chi connectivity index (χ4v) is 2.92. The van der Waals surface area contributed by atoms with Crippen molar-refractivity contribution in [3.63, 3.8) is 0 Å². The highest BCUT2D eigenvalue weighted by Crippen LogP contribution is 2.18. The fourth-order valence-electron chi connectivity index (χ4n) is 1.58. The van der Waals surface area contributed by atoms with Gasteiger partial charge in [0.25, 0.3) is 0 Å². The lowest BCUT2D eigenvalue weighted by Crippen LogP contribution is -2.23. The second-order valence-corrected chi connectivity index (χ2v) is 6.92. The van der Waals surface area contributed by atoms with Crippen LogP contribution in [-0.4, -0.2) is 23.4 Å². The number of aromatic nitrogens is 3. The predicted octanol–water partition coefficient (Wildman–Crippen LogP) is 2.13. The highest BCUT2D eigenvalue weighted by atomic mass is 35.5. The minimum atomic E-state index is -3.87. The number of halogens is 2. The third-order valence-corrected chi connectivity index (χ3v) is 4.28. The Labute approximate surface area is 127 Å². The van der Waals surface area contributed by atoms with E-state index in [9.17, 15) is 12.8 Å². The number of nitrogens with zero attached hydrogens (tertiary/aromatic N) is 3. The molecule has 114 valence electrons. The van der Waals surface area contributed by atoms with Gasteiger partial charge in [0.1, 0.15) is 5.82 Å². The third kappa shape index (κ3) is 3.99.